The molecule has 2 N–H and O–H groups in total. The van der Waals surface area contributed by atoms with Crippen LogP contribution in [-0.2, 0) is 14.3 Å². The molecule has 0 aromatic heterocycles. The van der Waals surface area contributed by atoms with Crippen molar-refractivity contribution >= 4 is 18.0 Å². The molecule has 4 rings (SSSR count). The first-order valence-corrected chi connectivity index (χ1v) is 10.1. The number of amides is 2. The quantitative estimate of drug-likeness (QED) is 0.703. The molecule has 2 aromatic rings. The zero-order valence-electron chi connectivity index (χ0n) is 16.8. The van der Waals surface area contributed by atoms with Gasteiger partial charge in [-0.15, -0.1) is 6.42 Å². The van der Waals surface area contributed by atoms with Crippen LogP contribution in [0.3, 0.4) is 0 Å². The SMILES string of the molecule is C#CCN1C(=O)C[C@H](NC(=O)OCC2c3ccccc3-c3ccccc32)[C@H]1CC(=O)O. The number of rotatable bonds is 6. The molecule has 1 fully saturated rings. The smallest absolute Gasteiger partial charge is 0.407 e. The van der Waals surface area contributed by atoms with Gasteiger partial charge in [-0.1, -0.05) is 54.5 Å². The van der Waals surface area contributed by atoms with Crippen LogP contribution in [0.4, 0.5) is 4.79 Å². The second-order valence-electron chi connectivity index (χ2n) is 7.67. The Morgan fingerprint density at radius 1 is 1.13 bits per heavy atom. The first-order chi connectivity index (χ1) is 15.0. The van der Waals surface area contributed by atoms with Crippen LogP contribution >= 0.6 is 0 Å². The van der Waals surface area contributed by atoms with E-state index in [9.17, 15) is 19.5 Å². The zero-order chi connectivity index (χ0) is 22.0. The fourth-order valence-corrected chi connectivity index (χ4v) is 4.52. The normalized spacial score (nSPS) is 19.5. The molecular weight excluding hydrogens is 396 g/mol. The molecule has 0 radical (unpaired) electrons. The number of nitrogens with one attached hydrogen (secondary N) is 1. The van der Waals surface area contributed by atoms with E-state index in [0.29, 0.717) is 0 Å². The molecule has 1 heterocycles. The van der Waals surface area contributed by atoms with Gasteiger partial charge in [-0.25, -0.2) is 4.79 Å². The maximum absolute atomic E-state index is 12.5. The van der Waals surface area contributed by atoms with Gasteiger partial charge >= 0.3 is 12.1 Å². The summed E-state index contributed by atoms with van der Waals surface area (Å²) in [5.74, 6) is 0.927. The second kappa shape index (κ2) is 8.52. The Morgan fingerprint density at radius 3 is 2.32 bits per heavy atom. The number of likely N-dealkylation sites (tertiary alicyclic amines) is 1. The van der Waals surface area contributed by atoms with Crippen LogP contribution in [0.25, 0.3) is 11.1 Å². The fourth-order valence-electron chi connectivity index (χ4n) is 4.52. The van der Waals surface area contributed by atoms with E-state index in [1.807, 2.05) is 36.4 Å². The van der Waals surface area contributed by atoms with Gasteiger partial charge in [0.1, 0.15) is 6.61 Å². The van der Waals surface area contributed by atoms with Gasteiger partial charge in [0.2, 0.25) is 5.91 Å². The van der Waals surface area contributed by atoms with Crippen LogP contribution in [-0.4, -0.2) is 53.2 Å². The molecule has 1 saturated heterocycles. The highest BCUT2D eigenvalue weighted by Gasteiger charge is 2.41. The van der Waals surface area contributed by atoms with Crippen molar-refractivity contribution in [2.75, 3.05) is 13.2 Å². The van der Waals surface area contributed by atoms with Crippen molar-refractivity contribution in [3.05, 3.63) is 59.7 Å². The summed E-state index contributed by atoms with van der Waals surface area (Å²) in [7, 11) is 0. The van der Waals surface area contributed by atoms with Crippen LogP contribution < -0.4 is 5.32 Å². The summed E-state index contributed by atoms with van der Waals surface area (Å²) < 4.78 is 5.52. The Morgan fingerprint density at radius 2 is 1.74 bits per heavy atom. The molecule has 2 aliphatic rings. The largest absolute Gasteiger partial charge is 0.481 e. The Bertz CT molecular complexity index is 1030. The lowest BCUT2D eigenvalue weighted by Gasteiger charge is -2.25. The third-order valence-corrected chi connectivity index (χ3v) is 5.87. The van der Waals surface area contributed by atoms with E-state index in [4.69, 9.17) is 11.2 Å². The zero-order valence-corrected chi connectivity index (χ0v) is 16.8. The third kappa shape index (κ3) is 3.97. The molecule has 1 aliphatic heterocycles. The molecule has 2 aromatic carbocycles. The number of carbonyl (C=O) groups excluding carboxylic acids is 2. The number of benzene rings is 2. The van der Waals surface area contributed by atoms with Crippen LogP contribution in [0, 0.1) is 12.3 Å². The van der Waals surface area contributed by atoms with Crippen molar-refractivity contribution in [1.29, 1.82) is 0 Å². The fraction of sp³-hybridized carbons (Fsp3) is 0.292. The number of hydrogen-bond donors (Lipinski definition) is 2. The predicted octanol–water partition coefficient (Wildman–Crippen LogP) is 2.60. The van der Waals surface area contributed by atoms with E-state index in [0.717, 1.165) is 22.3 Å². The molecule has 31 heavy (non-hydrogen) atoms. The van der Waals surface area contributed by atoms with Crippen molar-refractivity contribution in [2.24, 2.45) is 0 Å². The van der Waals surface area contributed by atoms with Crippen LogP contribution in [0.1, 0.15) is 29.9 Å². The number of carbonyl (C=O) groups is 3. The molecule has 2 atom stereocenters. The van der Waals surface area contributed by atoms with Crippen molar-refractivity contribution < 1.29 is 24.2 Å². The number of nitrogens with zero attached hydrogens (tertiary/aromatic N) is 1. The van der Waals surface area contributed by atoms with Crippen LogP contribution in [0.2, 0.25) is 0 Å². The topological polar surface area (TPSA) is 95.9 Å². The van der Waals surface area contributed by atoms with Gasteiger partial charge in [-0.05, 0) is 22.3 Å². The molecule has 158 valence electrons. The Balaban J connectivity index is 1.44. The van der Waals surface area contributed by atoms with Crippen molar-refractivity contribution in [3.63, 3.8) is 0 Å². The first-order valence-electron chi connectivity index (χ1n) is 10.1. The van der Waals surface area contributed by atoms with Gasteiger partial charge in [0.25, 0.3) is 0 Å². The van der Waals surface area contributed by atoms with Gasteiger partial charge in [0.05, 0.1) is 25.0 Å². The highest BCUT2D eigenvalue weighted by atomic mass is 16.5. The molecule has 0 saturated carbocycles. The highest BCUT2D eigenvalue weighted by Crippen LogP contribution is 2.44. The van der Waals surface area contributed by atoms with E-state index in [1.165, 1.54) is 4.90 Å². The van der Waals surface area contributed by atoms with E-state index >= 15 is 0 Å². The number of ether oxygens (including phenoxy) is 1. The summed E-state index contributed by atoms with van der Waals surface area (Å²) in [6.45, 7) is 0.137. The van der Waals surface area contributed by atoms with Crippen LogP contribution in [0.15, 0.2) is 48.5 Å². The summed E-state index contributed by atoms with van der Waals surface area (Å²) in [6, 6.07) is 14.6. The number of fused-ring (bicyclic) bond motifs is 3. The standard InChI is InChI=1S/C24H22N2O5/c1-2-11-26-21(13-23(28)29)20(12-22(26)27)25-24(30)31-14-19-17-9-5-3-7-15(17)16-8-4-6-10-18(16)19/h1,3-10,19-21H,11-14H2,(H,25,30)(H,28,29)/t20-,21+/m0/s1. The molecule has 1 aliphatic carbocycles. The lowest BCUT2D eigenvalue weighted by Crippen LogP contribution is -2.46. The number of alkyl carbamates (subject to hydrolysis) is 1. The van der Waals surface area contributed by atoms with Crippen molar-refractivity contribution in [3.8, 4) is 23.5 Å². The minimum absolute atomic E-state index is 0.000347. The summed E-state index contributed by atoms with van der Waals surface area (Å²) in [5.41, 5.74) is 4.44. The summed E-state index contributed by atoms with van der Waals surface area (Å²) in [6.07, 6.45) is 4.31. The first kappa shape index (κ1) is 20.5. The maximum Gasteiger partial charge on any atom is 0.407 e. The van der Waals surface area contributed by atoms with E-state index in [-0.39, 0.29) is 37.8 Å². The van der Waals surface area contributed by atoms with E-state index in [1.54, 1.807) is 0 Å². The number of hydrogen-bond acceptors (Lipinski definition) is 4. The summed E-state index contributed by atoms with van der Waals surface area (Å²) >= 11 is 0. The molecule has 7 heteroatoms. The monoisotopic (exact) mass is 418 g/mol. The Kier molecular flexibility index (Phi) is 5.63. The predicted molar refractivity (Wildman–Crippen MR) is 113 cm³/mol. The number of terminal acetylenes is 1. The highest BCUT2D eigenvalue weighted by molar-refractivity contribution is 5.83. The third-order valence-electron chi connectivity index (χ3n) is 5.87. The summed E-state index contributed by atoms with van der Waals surface area (Å²) in [4.78, 5) is 37.3. The van der Waals surface area contributed by atoms with Gasteiger partial charge in [-0.2, -0.15) is 0 Å². The summed E-state index contributed by atoms with van der Waals surface area (Å²) in [5, 5.41) is 11.9. The molecule has 2 amide bonds. The molecule has 7 nitrogen and oxygen atoms in total. The molecule has 0 unspecified atom stereocenters. The van der Waals surface area contributed by atoms with Gasteiger partial charge in [-0.3, -0.25) is 9.59 Å². The van der Waals surface area contributed by atoms with Crippen LogP contribution in [0.5, 0.6) is 0 Å². The maximum atomic E-state index is 12.5. The van der Waals surface area contributed by atoms with Crippen molar-refractivity contribution in [2.45, 2.75) is 30.8 Å². The average Bonchev–Trinajstić information content (AvgIpc) is 3.22. The van der Waals surface area contributed by atoms with Gasteiger partial charge < -0.3 is 20.1 Å². The number of carboxylic acids is 1. The lowest BCUT2D eigenvalue weighted by atomic mass is 9.98. The van der Waals surface area contributed by atoms with E-state index in [2.05, 4.69) is 23.4 Å². The van der Waals surface area contributed by atoms with Gasteiger partial charge in [0, 0.05) is 12.3 Å². The Labute approximate surface area is 180 Å². The molecule has 0 bridgehead atoms. The Hall–Kier alpha value is -3.79. The number of aliphatic carboxylic acids is 1. The molecular formula is C24H22N2O5. The number of carboxylic acid groups (broad SMARTS) is 1. The van der Waals surface area contributed by atoms with Gasteiger partial charge in [0.15, 0.2) is 0 Å². The van der Waals surface area contributed by atoms with E-state index < -0.39 is 24.1 Å². The molecule has 0 spiro atoms. The van der Waals surface area contributed by atoms with Crippen molar-refractivity contribution in [1.82, 2.24) is 10.2 Å². The minimum Gasteiger partial charge on any atom is -0.481 e. The second-order valence-corrected chi connectivity index (χ2v) is 7.67. The lowest BCUT2D eigenvalue weighted by molar-refractivity contribution is -0.139. The minimum atomic E-state index is -1.07. The average molecular weight is 418 g/mol.